The van der Waals surface area contributed by atoms with Gasteiger partial charge in [0.25, 0.3) is 0 Å². The van der Waals surface area contributed by atoms with E-state index in [9.17, 15) is 4.79 Å². The molecule has 7 heteroatoms. The fourth-order valence-electron chi connectivity index (χ4n) is 3.13. The summed E-state index contributed by atoms with van der Waals surface area (Å²) >= 11 is 5.89. The molecule has 0 aliphatic rings. The van der Waals surface area contributed by atoms with Crippen LogP contribution in [0.2, 0.25) is 5.02 Å². The van der Waals surface area contributed by atoms with Gasteiger partial charge in [0, 0.05) is 28.8 Å². The van der Waals surface area contributed by atoms with E-state index < -0.39 is 0 Å². The maximum absolute atomic E-state index is 12.5. The molecule has 27 heavy (non-hydrogen) atoms. The van der Waals surface area contributed by atoms with E-state index in [2.05, 4.69) is 15.4 Å². The number of rotatable bonds is 4. The highest BCUT2D eigenvalue weighted by Gasteiger charge is 2.17. The van der Waals surface area contributed by atoms with Crippen molar-refractivity contribution in [3.63, 3.8) is 0 Å². The highest BCUT2D eigenvalue weighted by atomic mass is 35.5. The van der Waals surface area contributed by atoms with Crippen LogP contribution >= 0.6 is 11.6 Å². The van der Waals surface area contributed by atoms with Crippen LogP contribution in [0.25, 0.3) is 16.9 Å². The quantitative estimate of drug-likeness (QED) is 0.579. The van der Waals surface area contributed by atoms with Crippen molar-refractivity contribution in [2.45, 2.75) is 20.4 Å². The lowest BCUT2D eigenvalue weighted by Crippen LogP contribution is -2.20. The van der Waals surface area contributed by atoms with Gasteiger partial charge in [-0.15, -0.1) is 0 Å². The number of pyridine rings is 1. The first-order valence-electron chi connectivity index (χ1n) is 8.55. The fraction of sp³-hybridized carbons (Fsp3) is 0.150. The number of nitrogens with one attached hydrogen (secondary N) is 1. The number of aryl methyl sites for hydroxylation is 2. The maximum Gasteiger partial charge on any atom is 0.246 e. The summed E-state index contributed by atoms with van der Waals surface area (Å²) in [5, 5.41) is 9.09. The molecule has 0 fully saturated rings. The Kier molecular flexibility index (Phi) is 4.41. The van der Waals surface area contributed by atoms with Crippen molar-refractivity contribution in [2.24, 2.45) is 0 Å². The molecule has 0 spiro atoms. The SMILES string of the molecule is Cc1cc(C)c2c(-n3cccc3)nn(CC(=O)Nc3ccc(Cl)cc3)c2n1. The molecule has 3 heterocycles. The first kappa shape index (κ1) is 17.3. The van der Waals surface area contributed by atoms with Gasteiger partial charge in [-0.2, -0.15) is 5.10 Å². The van der Waals surface area contributed by atoms with Gasteiger partial charge in [0.2, 0.25) is 5.91 Å². The summed E-state index contributed by atoms with van der Waals surface area (Å²) in [4.78, 5) is 17.2. The summed E-state index contributed by atoms with van der Waals surface area (Å²) in [6.45, 7) is 4.03. The highest BCUT2D eigenvalue weighted by Crippen LogP contribution is 2.25. The molecule has 0 aliphatic carbocycles. The molecule has 0 saturated heterocycles. The summed E-state index contributed by atoms with van der Waals surface area (Å²) in [6, 6.07) is 12.9. The van der Waals surface area contributed by atoms with Gasteiger partial charge in [-0.05, 0) is 61.9 Å². The number of carbonyl (C=O) groups excluding carboxylic acids is 1. The standard InChI is InChI=1S/C20H18ClN5O/c1-13-11-14(2)22-19-18(13)20(25-9-3-4-10-25)24-26(19)12-17(27)23-16-7-5-15(21)6-8-16/h3-11H,12H2,1-2H3,(H,23,27). The summed E-state index contributed by atoms with van der Waals surface area (Å²) in [5.74, 6) is 0.584. The Morgan fingerprint density at radius 2 is 1.85 bits per heavy atom. The number of anilines is 1. The third kappa shape index (κ3) is 3.44. The van der Waals surface area contributed by atoms with Crippen LogP contribution in [0, 0.1) is 13.8 Å². The molecular weight excluding hydrogens is 362 g/mol. The molecule has 0 radical (unpaired) electrons. The highest BCUT2D eigenvalue weighted by molar-refractivity contribution is 6.30. The van der Waals surface area contributed by atoms with Crippen molar-refractivity contribution in [1.82, 2.24) is 19.3 Å². The molecule has 4 aromatic rings. The predicted octanol–water partition coefficient (Wildman–Crippen LogP) is 4.13. The first-order valence-corrected chi connectivity index (χ1v) is 8.92. The third-order valence-electron chi connectivity index (χ3n) is 4.28. The fourth-order valence-corrected chi connectivity index (χ4v) is 3.25. The number of benzene rings is 1. The molecular formula is C20H18ClN5O. The van der Waals surface area contributed by atoms with Gasteiger partial charge in [0.1, 0.15) is 6.54 Å². The molecule has 3 aromatic heterocycles. The van der Waals surface area contributed by atoms with E-state index in [0.29, 0.717) is 16.4 Å². The van der Waals surface area contributed by atoms with Crippen LogP contribution in [0.1, 0.15) is 11.3 Å². The van der Waals surface area contributed by atoms with Crippen molar-refractivity contribution >= 4 is 34.2 Å². The number of hydrogen-bond acceptors (Lipinski definition) is 3. The molecule has 4 rings (SSSR count). The van der Waals surface area contributed by atoms with Gasteiger partial charge in [-0.3, -0.25) is 4.79 Å². The largest absolute Gasteiger partial charge is 0.324 e. The smallest absolute Gasteiger partial charge is 0.246 e. The van der Waals surface area contributed by atoms with E-state index in [1.54, 1.807) is 28.9 Å². The van der Waals surface area contributed by atoms with Crippen molar-refractivity contribution in [1.29, 1.82) is 0 Å². The minimum absolute atomic E-state index is 0.0658. The zero-order valence-electron chi connectivity index (χ0n) is 15.0. The normalized spacial score (nSPS) is 11.1. The number of amides is 1. The number of aromatic nitrogens is 4. The van der Waals surface area contributed by atoms with Gasteiger partial charge in [0.05, 0.1) is 5.39 Å². The molecule has 0 bridgehead atoms. The monoisotopic (exact) mass is 379 g/mol. The zero-order chi connectivity index (χ0) is 19.0. The second-order valence-corrected chi connectivity index (χ2v) is 6.84. The number of fused-ring (bicyclic) bond motifs is 1. The average Bonchev–Trinajstić information content (AvgIpc) is 3.25. The number of hydrogen-bond donors (Lipinski definition) is 1. The Labute approximate surface area is 161 Å². The summed E-state index contributed by atoms with van der Waals surface area (Å²) < 4.78 is 3.58. The van der Waals surface area contributed by atoms with E-state index in [0.717, 1.165) is 22.5 Å². The molecule has 136 valence electrons. The zero-order valence-corrected chi connectivity index (χ0v) is 15.7. The Balaban J connectivity index is 1.71. The molecule has 6 nitrogen and oxygen atoms in total. The second kappa shape index (κ2) is 6.89. The lowest BCUT2D eigenvalue weighted by Gasteiger charge is -2.06. The van der Waals surface area contributed by atoms with Gasteiger partial charge >= 0.3 is 0 Å². The van der Waals surface area contributed by atoms with E-state index in [-0.39, 0.29) is 12.5 Å². The predicted molar refractivity (Wildman–Crippen MR) is 106 cm³/mol. The van der Waals surface area contributed by atoms with Crippen molar-refractivity contribution in [2.75, 3.05) is 5.32 Å². The Bertz CT molecular complexity index is 1110. The van der Waals surface area contributed by atoms with E-state index in [1.165, 1.54) is 0 Å². The minimum atomic E-state index is -0.179. The van der Waals surface area contributed by atoms with E-state index in [4.69, 9.17) is 11.6 Å². The number of halogens is 1. The molecule has 1 amide bonds. The van der Waals surface area contributed by atoms with Crippen molar-refractivity contribution in [3.8, 4) is 5.82 Å². The lowest BCUT2D eigenvalue weighted by atomic mass is 10.2. The summed E-state index contributed by atoms with van der Waals surface area (Å²) in [5.41, 5.74) is 3.35. The molecule has 1 aromatic carbocycles. The van der Waals surface area contributed by atoms with Gasteiger partial charge in [-0.1, -0.05) is 11.6 Å². The van der Waals surface area contributed by atoms with Gasteiger partial charge in [-0.25, -0.2) is 9.67 Å². The van der Waals surface area contributed by atoms with Gasteiger partial charge < -0.3 is 9.88 Å². The van der Waals surface area contributed by atoms with Crippen molar-refractivity contribution < 1.29 is 4.79 Å². The minimum Gasteiger partial charge on any atom is -0.324 e. The Morgan fingerprint density at radius 1 is 1.15 bits per heavy atom. The van der Waals surface area contributed by atoms with Crippen LogP contribution in [-0.2, 0) is 11.3 Å². The van der Waals surface area contributed by atoms with E-state index >= 15 is 0 Å². The van der Waals surface area contributed by atoms with Crippen LogP contribution in [-0.4, -0.2) is 25.2 Å². The second-order valence-electron chi connectivity index (χ2n) is 6.41. The van der Waals surface area contributed by atoms with Crippen LogP contribution in [0.15, 0.2) is 54.9 Å². The van der Waals surface area contributed by atoms with Crippen LogP contribution in [0.5, 0.6) is 0 Å². The number of nitrogens with zero attached hydrogens (tertiary/aromatic N) is 4. The topological polar surface area (TPSA) is 64.7 Å². The molecule has 0 saturated carbocycles. The van der Waals surface area contributed by atoms with Crippen LogP contribution in [0.4, 0.5) is 5.69 Å². The number of carbonyl (C=O) groups is 1. The van der Waals surface area contributed by atoms with Gasteiger partial charge in [0.15, 0.2) is 11.5 Å². The van der Waals surface area contributed by atoms with Crippen LogP contribution < -0.4 is 5.32 Å². The first-order chi connectivity index (χ1) is 13.0. The third-order valence-corrected chi connectivity index (χ3v) is 4.53. The maximum atomic E-state index is 12.5. The molecule has 1 N–H and O–H groups in total. The summed E-state index contributed by atoms with van der Waals surface area (Å²) in [6.07, 6.45) is 3.86. The Hall–Kier alpha value is -3.12. The lowest BCUT2D eigenvalue weighted by molar-refractivity contribution is -0.116. The average molecular weight is 380 g/mol. The summed E-state index contributed by atoms with van der Waals surface area (Å²) in [7, 11) is 0. The molecule has 0 unspecified atom stereocenters. The van der Waals surface area contributed by atoms with Crippen molar-refractivity contribution in [3.05, 3.63) is 71.1 Å². The van der Waals surface area contributed by atoms with Crippen LogP contribution in [0.3, 0.4) is 0 Å². The molecule has 0 atom stereocenters. The Morgan fingerprint density at radius 3 is 2.56 bits per heavy atom. The molecule has 0 aliphatic heterocycles. The van der Waals surface area contributed by atoms with E-state index in [1.807, 2.05) is 49.0 Å².